The first-order valence-electron chi connectivity index (χ1n) is 7.01. The maximum absolute atomic E-state index is 4.62. The lowest BCUT2D eigenvalue weighted by atomic mass is 9.79. The van der Waals surface area contributed by atoms with Crippen molar-refractivity contribution >= 4 is 22.9 Å². The molecule has 0 saturated heterocycles. The van der Waals surface area contributed by atoms with Gasteiger partial charge in [0.2, 0.25) is 0 Å². The summed E-state index contributed by atoms with van der Waals surface area (Å²) in [6.07, 6.45) is 1.03. The number of anilines is 1. The van der Waals surface area contributed by atoms with Crippen molar-refractivity contribution in [2.75, 3.05) is 11.9 Å². The van der Waals surface area contributed by atoms with E-state index in [0.717, 1.165) is 34.9 Å². The van der Waals surface area contributed by atoms with E-state index < -0.39 is 0 Å². The van der Waals surface area contributed by atoms with E-state index in [1.54, 1.807) is 0 Å². The minimum Gasteiger partial charge on any atom is -0.348 e. The molecule has 1 unspecified atom stereocenters. The van der Waals surface area contributed by atoms with Crippen LogP contribution in [0.5, 0.6) is 0 Å². The zero-order valence-corrected chi connectivity index (χ0v) is 12.7. The quantitative estimate of drug-likeness (QED) is 0.834. The zero-order valence-electron chi connectivity index (χ0n) is 12.7. The van der Waals surface area contributed by atoms with Crippen LogP contribution in [0.3, 0.4) is 0 Å². The van der Waals surface area contributed by atoms with Crippen LogP contribution in [0.4, 0.5) is 11.4 Å². The van der Waals surface area contributed by atoms with Crippen molar-refractivity contribution < 1.29 is 0 Å². The van der Waals surface area contributed by atoms with Gasteiger partial charge < -0.3 is 10.2 Å². The van der Waals surface area contributed by atoms with Crippen LogP contribution in [0, 0.1) is 0 Å². The summed E-state index contributed by atoms with van der Waals surface area (Å²) in [5.41, 5.74) is 6.68. The van der Waals surface area contributed by atoms with E-state index >= 15 is 0 Å². The molecule has 0 spiro atoms. The number of nitrogens with zero attached hydrogens (tertiary/aromatic N) is 2. The second-order valence-corrected chi connectivity index (χ2v) is 5.88. The highest BCUT2D eigenvalue weighted by atomic mass is 15.2. The fraction of sp³-hybridized carbons (Fsp3) is 0.353. The monoisotopic (exact) mass is 267 g/mol. The predicted molar refractivity (Wildman–Crippen MR) is 86.6 cm³/mol. The molecule has 3 rings (SSSR count). The first kappa shape index (κ1) is 13.0. The van der Waals surface area contributed by atoms with Gasteiger partial charge in [0.25, 0.3) is 0 Å². The maximum Gasteiger partial charge on any atom is 0.103 e. The fourth-order valence-electron chi connectivity index (χ4n) is 3.19. The van der Waals surface area contributed by atoms with Gasteiger partial charge in [0.05, 0.1) is 5.69 Å². The maximum atomic E-state index is 4.62. The van der Waals surface area contributed by atoms with Gasteiger partial charge in [-0.1, -0.05) is 20.1 Å². The zero-order chi connectivity index (χ0) is 14.7. The molecule has 104 valence electrons. The lowest BCUT2D eigenvalue weighted by molar-refractivity contribution is 0.552. The van der Waals surface area contributed by atoms with Crippen molar-refractivity contribution in [3.05, 3.63) is 42.1 Å². The highest BCUT2D eigenvalue weighted by molar-refractivity contribution is 5.97. The van der Waals surface area contributed by atoms with Crippen molar-refractivity contribution in [1.29, 1.82) is 0 Å². The van der Waals surface area contributed by atoms with Gasteiger partial charge in [-0.25, -0.2) is 4.99 Å². The minimum atomic E-state index is -0.00521. The third kappa shape index (κ3) is 1.49. The molecule has 0 amide bonds. The molecule has 0 saturated carbocycles. The second kappa shape index (κ2) is 3.98. The van der Waals surface area contributed by atoms with Gasteiger partial charge in [-0.3, -0.25) is 0 Å². The molecule has 2 aliphatic rings. The number of rotatable bonds is 1. The summed E-state index contributed by atoms with van der Waals surface area (Å²) in [6.45, 7) is 14.8. The molecule has 1 aromatic rings. The Morgan fingerprint density at radius 1 is 1.35 bits per heavy atom. The Labute approximate surface area is 120 Å². The van der Waals surface area contributed by atoms with Crippen LogP contribution >= 0.6 is 0 Å². The van der Waals surface area contributed by atoms with Crippen LogP contribution in [-0.4, -0.2) is 12.9 Å². The normalized spacial score (nSPS) is 24.2. The number of fused-ring (bicyclic) bond motifs is 2. The summed E-state index contributed by atoms with van der Waals surface area (Å²) < 4.78 is 0. The molecule has 1 aromatic carbocycles. The van der Waals surface area contributed by atoms with Crippen molar-refractivity contribution in [1.82, 2.24) is 5.32 Å². The molecule has 0 aromatic heterocycles. The molecule has 0 aliphatic carbocycles. The molecular formula is C17H21N3. The topological polar surface area (TPSA) is 27.6 Å². The van der Waals surface area contributed by atoms with Crippen molar-refractivity contribution in [3.63, 3.8) is 0 Å². The van der Waals surface area contributed by atoms with Crippen molar-refractivity contribution in [2.45, 2.75) is 32.6 Å². The van der Waals surface area contributed by atoms with E-state index in [2.05, 4.69) is 61.4 Å². The second-order valence-electron chi connectivity index (χ2n) is 5.88. The number of allylic oxidation sites excluding steroid dienone is 1. The molecule has 0 radical (unpaired) electrons. The van der Waals surface area contributed by atoms with Gasteiger partial charge >= 0.3 is 0 Å². The van der Waals surface area contributed by atoms with Crippen LogP contribution in [-0.2, 0) is 5.41 Å². The molecule has 3 heteroatoms. The third-order valence-electron chi connectivity index (χ3n) is 4.76. The van der Waals surface area contributed by atoms with E-state index in [-0.39, 0.29) is 5.41 Å². The summed E-state index contributed by atoms with van der Waals surface area (Å²) in [6, 6.07) is 4.39. The third-order valence-corrected chi connectivity index (χ3v) is 4.76. The van der Waals surface area contributed by atoms with Crippen LogP contribution in [0.25, 0.3) is 5.70 Å². The number of aliphatic imine (C=N–C) groups is 1. The average Bonchev–Trinajstić information content (AvgIpc) is 2.60. The first-order valence-corrected chi connectivity index (χ1v) is 7.01. The van der Waals surface area contributed by atoms with Crippen LogP contribution < -0.4 is 10.2 Å². The molecule has 0 bridgehead atoms. The molecule has 1 N–H and O–H groups in total. The summed E-state index contributed by atoms with van der Waals surface area (Å²) >= 11 is 0. The van der Waals surface area contributed by atoms with Crippen molar-refractivity contribution in [3.8, 4) is 0 Å². The number of nitrogens with one attached hydrogen (secondary N) is 1. The summed E-state index contributed by atoms with van der Waals surface area (Å²) in [7, 11) is 2.09. The Kier molecular flexibility index (Phi) is 2.58. The van der Waals surface area contributed by atoms with Gasteiger partial charge in [-0.15, -0.1) is 0 Å². The number of benzene rings is 1. The Bertz CT molecular complexity index is 669. The smallest absolute Gasteiger partial charge is 0.103 e. The number of likely N-dealkylation sites (N-methyl/N-ethyl adjacent to an activating group) is 1. The van der Waals surface area contributed by atoms with Gasteiger partial charge in [-0.05, 0) is 38.0 Å². The molecule has 2 aliphatic heterocycles. The van der Waals surface area contributed by atoms with E-state index in [1.807, 2.05) is 6.92 Å². The highest BCUT2D eigenvalue weighted by Crippen LogP contribution is 2.51. The summed E-state index contributed by atoms with van der Waals surface area (Å²) in [4.78, 5) is 6.81. The van der Waals surface area contributed by atoms with Crippen LogP contribution in [0.15, 0.2) is 36.0 Å². The first-order chi connectivity index (χ1) is 9.38. The molecule has 1 atom stereocenters. The van der Waals surface area contributed by atoms with Crippen molar-refractivity contribution in [2.24, 2.45) is 4.99 Å². The minimum absolute atomic E-state index is 0.00521. The SMILES string of the molecule is C=C1NC(C)=Nc2cc3c(cc21)N(C)C(=C)C3(C)CC. The largest absolute Gasteiger partial charge is 0.348 e. The molecule has 20 heavy (non-hydrogen) atoms. The lowest BCUT2D eigenvalue weighted by Gasteiger charge is -2.26. The number of hydrogen-bond donors (Lipinski definition) is 1. The van der Waals surface area contributed by atoms with E-state index in [4.69, 9.17) is 0 Å². The Hall–Kier alpha value is -2.03. The van der Waals surface area contributed by atoms with Gasteiger partial charge in [0.15, 0.2) is 0 Å². The fourth-order valence-corrected chi connectivity index (χ4v) is 3.19. The lowest BCUT2D eigenvalue weighted by Crippen LogP contribution is -2.24. The number of hydrogen-bond acceptors (Lipinski definition) is 3. The molecule has 0 fully saturated rings. The van der Waals surface area contributed by atoms with Gasteiger partial charge in [-0.2, -0.15) is 0 Å². The molecule has 3 nitrogen and oxygen atoms in total. The predicted octanol–water partition coefficient (Wildman–Crippen LogP) is 3.94. The van der Waals surface area contributed by atoms with E-state index in [9.17, 15) is 0 Å². The van der Waals surface area contributed by atoms with E-state index in [0.29, 0.717) is 0 Å². The van der Waals surface area contributed by atoms with Gasteiger partial charge in [0.1, 0.15) is 5.84 Å². The van der Waals surface area contributed by atoms with Crippen LogP contribution in [0.2, 0.25) is 0 Å². The Balaban J connectivity index is 2.28. The summed E-state index contributed by atoms with van der Waals surface area (Å²) in [5.74, 6) is 0.894. The number of amidine groups is 1. The van der Waals surface area contributed by atoms with Gasteiger partial charge in [0, 0.05) is 35.1 Å². The summed E-state index contributed by atoms with van der Waals surface area (Å²) in [5, 5.41) is 3.20. The highest BCUT2D eigenvalue weighted by Gasteiger charge is 2.40. The average molecular weight is 267 g/mol. The van der Waals surface area contributed by atoms with Crippen LogP contribution in [0.1, 0.15) is 38.3 Å². The Morgan fingerprint density at radius 2 is 2.05 bits per heavy atom. The molecule has 2 heterocycles. The standard InChI is InChI=1S/C17H21N3/c1-7-17(5)11(3)20(6)16-8-13-10(2)18-12(4)19-15(13)9-14(16)17/h8-9H,2-3,7H2,1,4-6H3,(H,18,19). The molecular weight excluding hydrogens is 246 g/mol. The van der Waals surface area contributed by atoms with E-state index in [1.165, 1.54) is 11.3 Å². The Morgan fingerprint density at radius 3 is 2.70 bits per heavy atom.